The molecule has 0 bridgehead atoms. The van der Waals surface area contributed by atoms with Crippen molar-refractivity contribution in [2.45, 2.75) is 4.90 Å². The maximum atomic E-state index is 12.4. The van der Waals surface area contributed by atoms with Crippen molar-refractivity contribution in [1.29, 1.82) is 0 Å². The molecule has 0 aliphatic carbocycles. The number of aromatic nitrogens is 4. The lowest BCUT2D eigenvalue weighted by atomic mass is 10.3. The summed E-state index contributed by atoms with van der Waals surface area (Å²) in [6.07, 6.45) is 4.64. The van der Waals surface area contributed by atoms with Crippen molar-refractivity contribution in [3.8, 4) is 11.4 Å². The third-order valence-corrected chi connectivity index (χ3v) is 5.74. The molecule has 3 aromatic heterocycles. The number of hydrogen-bond acceptors (Lipinski definition) is 8. The molecule has 3 heterocycles. The van der Waals surface area contributed by atoms with Crippen molar-refractivity contribution in [2.75, 3.05) is 10.0 Å². The number of benzene rings is 1. The van der Waals surface area contributed by atoms with Crippen LogP contribution in [0.3, 0.4) is 0 Å². The summed E-state index contributed by atoms with van der Waals surface area (Å²) < 4.78 is 27.1. The highest BCUT2D eigenvalue weighted by Crippen LogP contribution is 2.26. The average Bonchev–Trinajstić information content (AvgIpc) is 3.18. The van der Waals surface area contributed by atoms with E-state index in [1.54, 1.807) is 24.4 Å². The number of hydrogen-bond donors (Lipinski definition) is 2. The standard InChI is InChI=1S/C18H14N6O2S2/c25-28(26,24-17-20-10-3-11-21-17)14-7-5-13(6-8-14)22-18-23-16(12-27-18)15-4-1-2-9-19-15/h1-12H,(H,22,23)(H,20,21,24). The Hall–Kier alpha value is -3.37. The Bertz CT molecular complexity index is 1160. The monoisotopic (exact) mass is 410 g/mol. The zero-order valence-corrected chi connectivity index (χ0v) is 16.0. The van der Waals surface area contributed by atoms with E-state index >= 15 is 0 Å². The minimum atomic E-state index is -3.76. The fraction of sp³-hybridized carbons (Fsp3) is 0. The summed E-state index contributed by atoms with van der Waals surface area (Å²) in [5.41, 5.74) is 2.29. The lowest BCUT2D eigenvalue weighted by Gasteiger charge is -2.07. The van der Waals surface area contributed by atoms with Gasteiger partial charge in [-0.25, -0.2) is 28.1 Å². The van der Waals surface area contributed by atoms with Crippen LogP contribution < -0.4 is 10.0 Å². The van der Waals surface area contributed by atoms with Gasteiger partial charge in [0.05, 0.1) is 10.6 Å². The van der Waals surface area contributed by atoms with E-state index in [4.69, 9.17) is 0 Å². The van der Waals surface area contributed by atoms with Crippen molar-refractivity contribution in [1.82, 2.24) is 19.9 Å². The summed E-state index contributed by atoms with van der Waals surface area (Å²) in [6.45, 7) is 0. The topological polar surface area (TPSA) is 110 Å². The van der Waals surface area contributed by atoms with Crippen LogP contribution in [-0.2, 0) is 10.0 Å². The van der Waals surface area contributed by atoms with Crippen molar-refractivity contribution in [2.24, 2.45) is 0 Å². The van der Waals surface area contributed by atoms with Crippen LogP contribution in [0.2, 0.25) is 0 Å². The van der Waals surface area contributed by atoms with Crippen LogP contribution in [0.4, 0.5) is 16.8 Å². The van der Waals surface area contributed by atoms with Gasteiger partial charge in [-0.3, -0.25) is 4.98 Å². The number of anilines is 3. The maximum absolute atomic E-state index is 12.4. The zero-order chi connectivity index (χ0) is 19.4. The molecule has 0 radical (unpaired) electrons. The molecule has 140 valence electrons. The van der Waals surface area contributed by atoms with E-state index in [0.29, 0.717) is 5.13 Å². The van der Waals surface area contributed by atoms with E-state index in [1.165, 1.54) is 35.9 Å². The first-order valence-electron chi connectivity index (χ1n) is 8.14. The number of pyridine rings is 1. The molecule has 0 unspecified atom stereocenters. The molecule has 28 heavy (non-hydrogen) atoms. The Morgan fingerprint density at radius 2 is 1.57 bits per heavy atom. The Morgan fingerprint density at radius 1 is 0.821 bits per heavy atom. The van der Waals surface area contributed by atoms with Gasteiger partial charge in [0, 0.05) is 29.7 Å². The highest BCUT2D eigenvalue weighted by Gasteiger charge is 2.15. The lowest BCUT2D eigenvalue weighted by Crippen LogP contribution is -2.14. The van der Waals surface area contributed by atoms with Crippen LogP contribution in [0.1, 0.15) is 0 Å². The zero-order valence-electron chi connectivity index (χ0n) is 14.4. The first-order chi connectivity index (χ1) is 13.6. The molecule has 0 fully saturated rings. The molecule has 0 atom stereocenters. The second kappa shape index (κ2) is 7.71. The molecular formula is C18H14N6O2S2. The molecule has 4 rings (SSSR count). The lowest BCUT2D eigenvalue weighted by molar-refractivity contribution is 0.601. The normalized spacial score (nSPS) is 11.1. The van der Waals surface area contributed by atoms with Gasteiger partial charge < -0.3 is 5.32 Å². The van der Waals surface area contributed by atoms with Crippen LogP contribution in [0.5, 0.6) is 0 Å². The largest absolute Gasteiger partial charge is 0.332 e. The van der Waals surface area contributed by atoms with Crippen LogP contribution in [-0.4, -0.2) is 28.4 Å². The van der Waals surface area contributed by atoms with Gasteiger partial charge in [0.2, 0.25) is 5.95 Å². The number of nitrogens with one attached hydrogen (secondary N) is 2. The summed E-state index contributed by atoms with van der Waals surface area (Å²) in [6, 6.07) is 13.6. The molecule has 0 saturated heterocycles. The Kier molecular flexibility index (Phi) is 4.96. The van der Waals surface area contributed by atoms with Gasteiger partial charge in [0.15, 0.2) is 5.13 Å². The Morgan fingerprint density at radius 3 is 2.29 bits per heavy atom. The van der Waals surface area contributed by atoms with E-state index in [1.807, 2.05) is 23.6 Å². The van der Waals surface area contributed by atoms with Gasteiger partial charge in [0.25, 0.3) is 10.0 Å². The smallest absolute Gasteiger partial charge is 0.264 e. The second-order valence-corrected chi connectivity index (χ2v) is 8.12. The Balaban J connectivity index is 1.47. The van der Waals surface area contributed by atoms with Crippen molar-refractivity contribution >= 4 is 38.1 Å². The number of thiazole rings is 1. The molecule has 0 spiro atoms. The van der Waals surface area contributed by atoms with E-state index in [9.17, 15) is 8.42 Å². The first-order valence-corrected chi connectivity index (χ1v) is 10.5. The van der Waals surface area contributed by atoms with Gasteiger partial charge in [0.1, 0.15) is 5.69 Å². The Labute approximate surface area is 165 Å². The number of sulfonamides is 1. The van der Waals surface area contributed by atoms with Crippen molar-refractivity contribution in [3.05, 3.63) is 72.5 Å². The van der Waals surface area contributed by atoms with E-state index in [0.717, 1.165) is 17.1 Å². The SMILES string of the molecule is O=S(=O)(Nc1ncccn1)c1ccc(Nc2nc(-c3ccccn3)cs2)cc1. The molecule has 1 aromatic carbocycles. The number of rotatable bonds is 6. The predicted molar refractivity (Wildman–Crippen MR) is 108 cm³/mol. The fourth-order valence-corrected chi connectivity index (χ4v) is 4.02. The summed E-state index contributed by atoms with van der Waals surface area (Å²) in [5, 5.41) is 5.76. The maximum Gasteiger partial charge on any atom is 0.264 e. The molecule has 0 aliphatic heterocycles. The highest BCUT2D eigenvalue weighted by molar-refractivity contribution is 7.92. The molecule has 0 aliphatic rings. The average molecular weight is 410 g/mol. The quantitative estimate of drug-likeness (QED) is 0.500. The van der Waals surface area contributed by atoms with Crippen LogP contribution in [0, 0.1) is 0 Å². The molecule has 4 aromatic rings. The molecule has 2 N–H and O–H groups in total. The molecular weight excluding hydrogens is 396 g/mol. The van der Waals surface area contributed by atoms with Gasteiger partial charge in [-0.1, -0.05) is 6.07 Å². The minimum Gasteiger partial charge on any atom is -0.332 e. The fourth-order valence-electron chi connectivity index (χ4n) is 2.33. The van der Waals surface area contributed by atoms with Crippen molar-refractivity contribution < 1.29 is 8.42 Å². The van der Waals surface area contributed by atoms with Gasteiger partial charge in [-0.05, 0) is 42.5 Å². The summed E-state index contributed by atoms with van der Waals surface area (Å²) >= 11 is 1.44. The van der Waals surface area contributed by atoms with Gasteiger partial charge >= 0.3 is 0 Å². The van der Waals surface area contributed by atoms with Crippen molar-refractivity contribution in [3.63, 3.8) is 0 Å². The number of nitrogens with zero attached hydrogens (tertiary/aromatic N) is 4. The molecule has 0 amide bonds. The summed E-state index contributed by atoms with van der Waals surface area (Å²) in [5.74, 6) is 0.0227. The summed E-state index contributed by atoms with van der Waals surface area (Å²) in [4.78, 5) is 16.6. The van der Waals surface area contributed by atoms with E-state index in [-0.39, 0.29) is 10.8 Å². The minimum absolute atomic E-state index is 0.0227. The molecule has 10 heteroatoms. The predicted octanol–water partition coefficient (Wildman–Crippen LogP) is 3.54. The van der Waals surface area contributed by atoms with Gasteiger partial charge in [-0.15, -0.1) is 11.3 Å². The van der Waals surface area contributed by atoms with Crippen LogP contribution in [0.15, 0.2) is 77.4 Å². The van der Waals surface area contributed by atoms with E-state index < -0.39 is 10.0 Å². The van der Waals surface area contributed by atoms with Crippen LogP contribution in [0.25, 0.3) is 11.4 Å². The highest BCUT2D eigenvalue weighted by atomic mass is 32.2. The van der Waals surface area contributed by atoms with Gasteiger partial charge in [-0.2, -0.15) is 0 Å². The molecule has 8 nitrogen and oxygen atoms in total. The summed E-state index contributed by atoms with van der Waals surface area (Å²) in [7, 11) is -3.76. The first kappa shape index (κ1) is 18.0. The van der Waals surface area contributed by atoms with E-state index in [2.05, 4.69) is 30.0 Å². The molecule has 0 saturated carbocycles. The third-order valence-electron chi connectivity index (χ3n) is 3.64. The third kappa shape index (κ3) is 4.13. The van der Waals surface area contributed by atoms with Crippen LogP contribution >= 0.6 is 11.3 Å². The second-order valence-electron chi connectivity index (χ2n) is 5.58.